The van der Waals surface area contributed by atoms with Crippen LogP contribution >= 0.6 is 0 Å². The van der Waals surface area contributed by atoms with Crippen LogP contribution in [-0.4, -0.2) is 0 Å². The lowest BCUT2D eigenvalue weighted by molar-refractivity contribution is 0.673. The Morgan fingerprint density at radius 3 is 1.26 bits per heavy atom. The zero-order valence-electron chi connectivity index (χ0n) is 29.6. The van der Waals surface area contributed by atoms with Crippen molar-refractivity contribution >= 4 is 49.8 Å². The van der Waals surface area contributed by atoms with E-state index in [1.807, 2.05) is 0 Å². The summed E-state index contributed by atoms with van der Waals surface area (Å²) < 4.78 is 6.78. The van der Waals surface area contributed by atoms with E-state index in [-0.39, 0.29) is 0 Å². The van der Waals surface area contributed by atoms with Gasteiger partial charge >= 0.3 is 0 Å². The Labute approximate surface area is 314 Å². The van der Waals surface area contributed by atoms with Crippen LogP contribution in [-0.2, 0) is 0 Å². The molecule has 0 unspecified atom stereocenters. The molecule has 0 saturated carbocycles. The van der Waals surface area contributed by atoms with Crippen molar-refractivity contribution in [2.45, 2.75) is 0 Å². The molecular formula is C52H35NO. The molecule has 54 heavy (non-hydrogen) atoms. The minimum atomic E-state index is 0.878. The fourth-order valence-corrected chi connectivity index (χ4v) is 7.82. The van der Waals surface area contributed by atoms with Gasteiger partial charge in [0.05, 0.1) is 5.69 Å². The number of hydrogen-bond donors (Lipinski definition) is 0. The topological polar surface area (TPSA) is 16.4 Å². The standard InChI is InChI=1S/C52H35NO/c1-4-13-36(14-5-1)39-23-25-42(26-24-39)45-21-12-22-50-51(45)48-35-49(46-19-10-11-20-47(46)52(48)54-50)53(43-31-27-40(28-32-43)37-15-6-2-7-16-37)44-33-29-41(30-34-44)38-17-8-3-9-18-38/h1-35H. The Morgan fingerprint density at radius 1 is 0.315 bits per heavy atom. The lowest BCUT2D eigenvalue weighted by Crippen LogP contribution is -2.10. The molecular weight excluding hydrogens is 655 g/mol. The third-order valence-electron chi connectivity index (χ3n) is 10.5. The van der Waals surface area contributed by atoms with Gasteiger partial charge < -0.3 is 9.32 Å². The van der Waals surface area contributed by atoms with Crippen molar-refractivity contribution in [3.63, 3.8) is 0 Å². The molecule has 254 valence electrons. The first-order valence-corrected chi connectivity index (χ1v) is 18.4. The number of furan rings is 1. The summed E-state index contributed by atoms with van der Waals surface area (Å²) in [6.45, 7) is 0. The van der Waals surface area contributed by atoms with Gasteiger partial charge in [0.15, 0.2) is 0 Å². The lowest BCUT2D eigenvalue weighted by Gasteiger charge is -2.27. The Balaban J connectivity index is 1.18. The van der Waals surface area contributed by atoms with Gasteiger partial charge in [-0.25, -0.2) is 0 Å². The van der Waals surface area contributed by atoms with Crippen molar-refractivity contribution in [1.29, 1.82) is 0 Å². The SMILES string of the molecule is c1ccc(-c2ccc(-c3cccc4oc5c6ccccc6c(N(c6ccc(-c7ccccc7)cc6)c6ccc(-c7ccccc7)cc6)cc5c34)cc2)cc1. The van der Waals surface area contributed by atoms with Gasteiger partial charge in [0.25, 0.3) is 0 Å². The van der Waals surface area contributed by atoms with Gasteiger partial charge in [-0.15, -0.1) is 0 Å². The van der Waals surface area contributed by atoms with E-state index >= 15 is 0 Å². The van der Waals surface area contributed by atoms with Crippen molar-refractivity contribution in [2.24, 2.45) is 0 Å². The summed E-state index contributed by atoms with van der Waals surface area (Å²) in [5.74, 6) is 0. The lowest BCUT2D eigenvalue weighted by atomic mass is 9.95. The van der Waals surface area contributed by atoms with Crippen LogP contribution in [0.3, 0.4) is 0 Å². The van der Waals surface area contributed by atoms with Crippen molar-refractivity contribution < 1.29 is 4.42 Å². The largest absolute Gasteiger partial charge is 0.455 e. The van der Waals surface area contributed by atoms with Gasteiger partial charge in [0.2, 0.25) is 0 Å². The number of fused-ring (bicyclic) bond motifs is 5. The van der Waals surface area contributed by atoms with E-state index < -0.39 is 0 Å². The summed E-state index contributed by atoms with van der Waals surface area (Å²) in [5, 5.41) is 4.41. The predicted octanol–water partition coefficient (Wildman–Crippen LogP) is 14.9. The number of hydrogen-bond acceptors (Lipinski definition) is 2. The highest BCUT2D eigenvalue weighted by molar-refractivity contribution is 6.22. The Kier molecular flexibility index (Phi) is 7.85. The molecule has 0 radical (unpaired) electrons. The number of anilines is 3. The van der Waals surface area contributed by atoms with Crippen molar-refractivity contribution in [3.05, 3.63) is 212 Å². The molecule has 0 aliphatic rings. The molecule has 10 aromatic rings. The number of rotatable bonds is 7. The maximum atomic E-state index is 6.78. The third kappa shape index (κ3) is 5.62. The van der Waals surface area contributed by atoms with Crippen LogP contribution in [0.1, 0.15) is 0 Å². The second kappa shape index (κ2) is 13.4. The first-order chi connectivity index (χ1) is 26.8. The molecule has 0 atom stereocenters. The fraction of sp³-hybridized carbons (Fsp3) is 0. The number of nitrogens with zero attached hydrogens (tertiary/aromatic N) is 1. The molecule has 1 heterocycles. The minimum Gasteiger partial charge on any atom is -0.455 e. The maximum absolute atomic E-state index is 6.78. The zero-order chi connectivity index (χ0) is 35.8. The monoisotopic (exact) mass is 689 g/mol. The Morgan fingerprint density at radius 2 is 0.741 bits per heavy atom. The summed E-state index contributed by atoms with van der Waals surface area (Å²) >= 11 is 0. The van der Waals surface area contributed by atoms with Crippen molar-refractivity contribution in [3.8, 4) is 44.5 Å². The summed E-state index contributed by atoms with van der Waals surface area (Å²) in [6, 6.07) is 75.7. The van der Waals surface area contributed by atoms with Crippen molar-refractivity contribution in [1.82, 2.24) is 0 Å². The van der Waals surface area contributed by atoms with Crippen LogP contribution in [0.5, 0.6) is 0 Å². The average Bonchev–Trinajstić information content (AvgIpc) is 3.64. The predicted molar refractivity (Wildman–Crippen MR) is 228 cm³/mol. The summed E-state index contributed by atoms with van der Waals surface area (Å²) in [6.07, 6.45) is 0. The molecule has 0 N–H and O–H groups in total. The van der Waals surface area contributed by atoms with Gasteiger partial charge in [-0.2, -0.15) is 0 Å². The summed E-state index contributed by atoms with van der Waals surface area (Å²) in [5.41, 5.74) is 14.5. The maximum Gasteiger partial charge on any atom is 0.143 e. The Bertz CT molecular complexity index is 2790. The van der Waals surface area contributed by atoms with Crippen LogP contribution in [0.25, 0.3) is 77.2 Å². The molecule has 2 nitrogen and oxygen atoms in total. The van der Waals surface area contributed by atoms with Gasteiger partial charge in [-0.3, -0.25) is 0 Å². The van der Waals surface area contributed by atoms with Crippen LogP contribution in [0, 0.1) is 0 Å². The van der Waals surface area contributed by atoms with Crippen LogP contribution in [0.2, 0.25) is 0 Å². The molecule has 0 bridgehead atoms. The summed E-state index contributed by atoms with van der Waals surface area (Å²) in [4.78, 5) is 2.39. The van der Waals surface area contributed by atoms with Crippen LogP contribution in [0.4, 0.5) is 17.1 Å². The highest BCUT2D eigenvalue weighted by atomic mass is 16.3. The zero-order valence-corrected chi connectivity index (χ0v) is 29.6. The second-order valence-electron chi connectivity index (χ2n) is 13.7. The van der Waals surface area contributed by atoms with E-state index in [9.17, 15) is 0 Å². The van der Waals surface area contributed by atoms with Gasteiger partial charge in [0, 0.05) is 32.9 Å². The molecule has 0 aliphatic carbocycles. The second-order valence-corrected chi connectivity index (χ2v) is 13.7. The molecule has 0 spiro atoms. The molecule has 9 aromatic carbocycles. The van der Waals surface area contributed by atoms with Gasteiger partial charge in [-0.05, 0) is 80.9 Å². The molecule has 2 heteroatoms. The normalized spacial score (nSPS) is 11.3. The first kappa shape index (κ1) is 31.6. The average molecular weight is 690 g/mol. The molecule has 0 aliphatic heterocycles. The third-order valence-corrected chi connectivity index (χ3v) is 10.5. The van der Waals surface area contributed by atoms with Gasteiger partial charge in [-0.1, -0.05) is 176 Å². The van der Waals surface area contributed by atoms with E-state index in [1.165, 1.54) is 33.4 Å². The van der Waals surface area contributed by atoms with E-state index in [4.69, 9.17) is 4.42 Å². The quantitative estimate of drug-likeness (QED) is 0.166. The van der Waals surface area contributed by atoms with Crippen LogP contribution < -0.4 is 4.90 Å². The van der Waals surface area contributed by atoms with E-state index in [1.54, 1.807) is 0 Å². The smallest absolute Gasteiger partial charge is 0.143 e. The molecule has 0 saturated heterocycles. The molecule has 1 aromatic heterocycles. The highest BCUT2D eigenvalue weighted by Crippen LogP contribution is 2.47. The Hall–Kier alpha value is -7.16. The first-order valence-electron chi connectivity index (χ1n) is 18.4. The van der Waals surface area contributed by atoms with Crippen LogP contribution in [0.15, 0.2) is 217 Å². The van der Waals surface area contributed by atoms with E-state index in [0.29, 0.717) is 0 Å². The number of benzene rings is 9. The fourth-order valence-electron chi connectivity index (χ4n) is 7.82. The molecule has 10 rings (SSSR count). The molecule has 0 amide bonds. The van der Waals surface area contributed by atoms with E-state index in [0.717, 1.165) is 60.9 Å². The minimum absolute atomic E-state index is 0.878. The molecule has 0 fully saturated rings. The summed E-state index contributed by atoms with van der Waals surface area (Å²) in [7, 11) is 0. The van der Waals surface area contributed by atoms with E-state index in [2.05, 4.69) is 217 Å². The highest BCUT2D eigenvalue weighted by Gasteiger charge is 2.22. The van der Waals surface area contributed by atoms with Gasteiger partial charge in [0.1, 0.15) is 11.2 Å². The van der Waals surface area contributed by atoms with Crippen molar-refractivity contribution in [2.75, 3.05) is 4.90 Å².